The molecule has 30 heavy (non-hydrogen) atoms. The quantitative estimate of drug-likeness (QED) is 0.493. The summed E-state index contributed by atoms with van der Waals surface area (Å²) in [6.45, 7) is 2.35. The minimum Gasteiger partial charge on any atom is -0.487 e. The molecule has 6 heteroatoms. The number of ether oxygens (including phenoxy) is 3. The van der Waals surface area contributed by atoms with Crippen LogP contribution in [-0.4, -0.2) is 30.2 Å². The minimum absolute atomic E-state index is 0.354. The number of aryl methyl sites for hydroxylation is 3. The number of benzene rings is 1. The van der Waals surface area contributed by atoms with Crippen LogP contribution in [0.1, 0.15) is 39.4 Å². The van der Waals surface area contributed by atoms with E-state index < -0.39 is 0 Å². The summed E-state index contributed by atoms with van der Waals surface area (Å²) in [7, 11) is 2.98. The molecule has 0 saturated carbocycles. The van der Waals surface area contributed by atoms with Gasteiger partial charge in [-0.1, -0.05) is 30.3 Å². The highest BCUT2D eigenvalue weighted by atomic mass is 16.5. The maximum atomic E-state index is 11.8. The molecule has 0 bridgehead atoms. The van der Waals surface area contributed by atoms with E-state index in [-0.39, 0.29) is 5.97 Å². The smallest absolute Gasteiger partial charge is 0.337 e. The van der Waals surface area contributed by atoms with E-state index in [0.29, 0.717) is 30.9 Å². The molecule has 0 saturated heterocycles. The molecule has 156 valence electrons. The fourth-order valence-electron chi connectivity index (χ4n) is 3.17. The maximum Gasteiger partial charge on any atom is 0.337 e. The fourth-order valence-corrected chi connectivity index (χ4v) is 3.17. The summed E-state index contributed by atoms with van der Waals surface area (Å²) < 4.78 is 16.1. The molecule has 0 amide bonds. The summed E-state index contributed by atoms with van der Waals surface area (Å²) in [4.78, 5) is 20.9. The van der Waals surface area contributed by atoms with E-state index in [1.807, 2.05) is 43.3 Å². The number of esters is 1. The van der Waals surface area contributed by atoms with Gasteiger partial charge in [0.25, 0.3) is 0 Å². The number of hydrogen-bond acceptors (Lipinski definition) is 6. The Morgan fingerprint density at radius 2 is 1.77 bits per heavy atom. The molecule has 0 N–H and O–H groups in total. The summed E-state index contributed by atoms with van der Waals surface area (Å²) in [5, 5.41) is 0. The predicted molar refractivity (Wildman–Crippen MR) is 114 cm³/mol. The first-order valence-electron chi connectivity index (χ1n) is 9.85. The lowest BCUT2D eigenvalue weighted by Crippen LogP contribution is -2.06. The van der Waals surface area contributed by atoms with Crippen LogP contribution in [0.15, 0.2) is 54.6 Å². The molecule has 0 unspecified atom stereocenters. The van der Waals surface area contributed by atoms with Crippen molar-refractivity contribution in [3.63, 3.8) is 0 Å². The molecule has 0 spiro atoms. The molecule has 3 aromatic rings. The van der Waals surface area contributed by atoms with Crippen molar-refractivity contribution in [3.8, 4) is 11.6 Å². The number of carbonyl (C=O) groups is 1. The first-order chi connectivity index (χ1) is 14.6. The average Bonchev–Trinajstić information content (AvgIpc) is 2.77. The third-order valence-electron chi connectivity index (χ3n) is 4.63. The Kier molecular flexibility index (Phi) is 7.38. The second kappa shape index (κ2) is 10.4. The summed E-state index contributed by atoms with van der Waals surface area (Å²) in [5.41, 5.74) is 4.10. The maximum absolute atomic E-state index is 11.8. The van der Waals surface area contributed by atoms with Crippen LogP contribution in [0.3, 0.4) is 0 Å². The molecule has 0 fully saturated rings. The monoisotopic (exact) mass is 406 g/mol. The molecule has 2 aromatic heterocycles. The number of pyridine rings is 2. The van der Waals surface area contributed by atoms with Gasteiger partial charge >= 0.3 is 5.97 Å². The summed E-state index contributed by atoms with van der Waals surface area (Å²) in [5.74, 6) is 0.943. The number of nitrogens with zero attached hydrogens (tertiary/aromatic N) is 2. The fraction of sp³-hybridized carbons (Fsp3) is 0.292. The highest BCUT2D eigenvalue weighted by molar-refractivity contribution is 5.89. The lowest BCUT2D eigenvalue weighted by Gasteiger charge is -2.12. The number of carbonyl (C=O) groups excluding carboxylic acids is 1. The van der Waals surface area contributed by atoms with Crippen LogP contribution >= 0.6 is 0 Å². The molecule has 0 aliphatic rings. The van der Waals surface area contributed by atoms with Crippen LogP contribution in [-0.2, 0) is 24.2 Å². The zero-order valence-corrected chi connectivity index (χ0v) is 17.6. The van der Waals surface area contributed by atoms with Crippen molar-refractivity contribution < 1.29 is 19.0 Å². The molecule has 0 aliphatic carbocycles. The van der Waals surface area contributed by atoms with Crippen molar-refractivity contribution in [3.05, 3.63) is 82.8 Å². The Morgan fingerprint density at radius 3 is 2.50 bits per heavy atom. The Balaban J connectivity index is 1.68. The van der Waals surface area contributed by atoms with E-state index in [2.05, 4.69) is 9.97 Å². The third-order valence-corrected chi connectivity index (χ3v) is 4.63. The highest BCUT2D eigenvalue weighted by Gasteiger charge is 2.11. The van der Waals surface area contributed by atoms with Gasteiger partial charge in [0.2, 0.25) is 5.88 Å². The average molecular weight is 406 g/mol. The van der Waals surface area contributed by atoms with Crippen molar-refractivity contribution in [2.45, 2.75) is 32.8 Å². The van der Waals surface area contributed by atoms with Gasteiger partial charge in [-0.25, -0.2) is 9.78 Å². The van der Waals surface area contributed by atoms with Gasteiger partial charge in [0.1, 0.15) is 12.4 Å². The summed E-state index contributed by atoms with van der Waals surface area (Å²) >= 11 is 0. The molecule has 3 rings (SSSR count). The van der Waals surface area contributed by atoms with Gasteiger partial charge in [-0.15, -0.1) is 0 Å². The number of rotatable bonds is 9. The third kappa shape index (κ3) is 5.80. The first kappa shape index (κ1) is 21.3. The van der Waals surface area contributed by atoms with E-state index >= 15 is 0 Å². The van der Waals surface area contributed by atoms with E-state index in [0.717, 1.165) is 34.8 Å². The van der Waals surface area contributed by atoms with E-state index in [1.54, 1.807) is 25.3 Å². The van der Waals surface area contributed by atoms with Crippen LogP contribution in [0, 0.1) is 6.92 Å². The van der Waals surface area contributed by atoms with E-state index in [1.165, 1.54) is 7.11 Å². The van der Waals surface area contributed by atoms with Crippen LogP contribution < -0.4 is 9.47 Å². The molecule has 1 aromatic carbocycles. The van der Waals surface area contributed by atoms with E-state index in [9.17, 15) is 4.79 Å². The van der Waals surface area contributed by atoms with Gasteiger partial charge in [0.15, 0.2) is 0 Å². The Bertz CT molecular complexity index is 990. The highest BCUT2D eigenvalue weighted by Crippen LogP contribution is 2.23. The Hall–Kier alpha value is -3.41. The predicted octanol–water partition coefficient (Wildman–Crippen LogP) is 4.33. The molecule has 6 nitrogen and oxygen atoms in total. The van der Waals surface area contributed by atoms with Crippen molar-refractivity contribution in [2.24, 2.45) is 0 Å². The minimum atomic E-state index is -0.354. The van der Waals surface area contributed by atoms with Gasteiger partial charge in [-0.05, 0) is 49.9 Å². The van der Waals surface area contributed by atoms with E-state index in [4.69, 9.17) is 14.2 Å². The van der Waals surface area contributed by atoms with Crippen molar-refractivity contribution in [1.82, 2.24) is 9.97 Å². The van der Waals surface area contributed by atoms with Gasteiger partial charge in [0.05, 0.1) is 25.5 Å². The second-order valence-electron chi connectivity index (χ2n) is 6.91. The Labute approximate surface area is 176 Å². The number of methoxy groups -OCH3 is 2. The molecule has 0 atom stereocenters. The molecular weight excluding hydrogens is 380 g/mol. The van der Waals surface area contributed by atoms with Gasteiger partial charge in [-0.2, -0.15) is 0 Å². The number of aromatic nitrogens is 2. The molecule has 0 aliphatic heterocycles. The van der Waals surface area contributed by atoms with Crippen molar-refractivity contribution in [1.29, 1.82) is 0 Å². The second-order valence-corrected chi connectivity index (χ2v) is 6.91. The first-order valence-corrected chi connectivity index (χ1v) is 9.85. The molecule has 2 heterocycles. The lowest BCUT2D eigenvalue weighted by atomic mass is 10.1. The van der Waals surface area contributed by atoms with Gasteiger partial charge < -0.3 is 14.2 Å². The summed E-state index contributed by atoms with van der Waals surface area (Å²) in [6, 6.07) is 17.2. The summed E-state index contributed by atoms with van der Waals surface area (Å²) in [6.07, 6.45) is 2.21. The Morgan fingerprint density at radius 1 is 0.967 bits per heavy atom. The normalized spacial score (nSPS) is 10.5. The molecule has 0 radical (unpaired) electrons. The zero-order chi connectivity index (χ0) is 21.3. The zero-order valence-electron chi connectivity index (χ0n) is 17.6. The largest absolute Gasteiger partial charge is 0.487 e. The van der Waals surface area contributed by atoms with Crippen LogP contribution in [0.2, 0.25) is 0 Å². The van der Waals surface area contributed by atoms with Crippen LogP contribution in [0.5, 0.6) is 11.6 Å². The molecular formula is C24H26N2O4. The van der Waals surface area contributed by atoms with Gasteiger partial charge in [-0.3, -0.25) is 4.98 Å². The SMILES string of the molecule is COC(=O)c1cc(C)nc(CCCc2nc(OC)ccc2OCc2ccccc2)c1. The van der Waals surface area contributed by atoms with Gasteiger partial charge in [0, 0.05) is 17.5 Å². The van der Waals surface area contributed by atoms with Crippen molar-refractivity contribution in [2.75, 3.05) is 14.2 Å². The van der Waals surface area contributed by atoms with Crippen molar-refractivity contribution >= 4 is 5.97 Å². The lowest BCUT2D eigenvalue weighted by molar-refractivity contribution is 0.0600. The number of hydrogen-bond donors (Lipinski definition) is 0. The van der Waals surface area contributed by atoms with Crippen LogP contribution in [0.4, 0.5) is 0 Å². The van der Waals surface area contributed by atoms with Crippen LogP contribution in [0.25, 0.3) is 0 Å². The standard InChI is InChI=1S/C24H26N2O4/c1-17-14-19(24(27)29-3)15-20(25-17)10-7-11-21-22(12-13-23(26-21)28-2)30-16-18-8-5-4-6-9-18/h4-6,8-9,12-15H,7,10-11,16H2,1-3H3. The topological polar surface area (TPSA) is 70.5 Å².